The van der Waals surface area contributed by atoms with Gasteiger partial charge in [-0.1, -0.05) is 23.4 Å². The van der Waals surface area contributed by atoms with Crippen LogP contribution in [0.15, 0.2) is 5.16 Å². The first kappa shape index (κ1) is 16.0. The lowest BCUT2D eigenvalue weighted by Crippen LogP contribution is -2.27. The summed E-state index contributed by atoms with van der Waals surface area (Å²) in [7, 11) is 1.81. The summed E-state index contributed by atoms with van der Waals surface area (Å²) in [6, 6.07) is 0. The van der Waals surface area contributed by atoms with Crippen molar-refractivity contribution in [3.63, 3.8) is 0 Å². The fraction of sp³-hybridized carbons (Fsp3) is 0.538. The highest BCUT2D eigenvalue weighted by Gasteiger charge is 2.36. The van der Waals surface area contributed by atoms with E-state index in [-0.39, 0.29) is 23.1 Å². The number of aromatic nitrogens is 2. The first-order valence-electron chi connectivity index (χ1n) is 6.53. The van der Waals surface area contributed by atoms with Crippen LogP contribution in [-0.2, 0) is 9.53 Å². The number of hydrogen-bond acceptors (Lipinski definition) is 7. The topological polar surface area (TPSA) is 72.4 Å². The molecular weight excluding hydrogens is 314 g/mol. The second-order valence-electron chi connectivity index (χ2n) is 4.58. The third-order valence-corrected chi connectivity index (χ3v) is 4.08. The minimum atomic E-state index is -0.852. The van der Waals surface area contributed by atoms with Gasteiger partial charge < -0.3 is 9.64 Å². The Bertz CT molecular complexity index is 582. The molecule has 1 unspecified atom stereocenters. The average Bonchev–Trinajstić information content (AvgIpc) is 2.57. The Morgan fingerprint density at radius 3 is 2.86 bits per heavy atom. The number of esters is 1. The first-order chi connectivity index (χ1) is 9.99. The van der Waals surface area contributed by atoms with Gasteiger partial charge in [0.2, 0.25) is 0 Å². The molecule has 0 N–H and O–H groups in total. The fourth-order valence-electron chi connectivity index (χ4n) is 2.18. The second kappa shape index (κ2) is 6.62. The normalized spacial score (nSPS) is 18.2. The number of carbonyl (C=O) groups is 2. The summed E-state index contributed by atoms with van der Waals surface area (Å²) >= 11 is 7.49. The minimum absolute atomic E-state index is 0.0809. The molecule has 6 nitrogen and oxygen atoms in total. The molecule has 1 aromatic heterocycles. The van der Waals surface area contributed by atoms with Crippen LogP contribution in [0.2, 0.25) is 5.15 Å². The van der Waals surface area contributed by atoms with E-state index < -0.39 is 11.9 Å². The van der Waals surface area contributed by atoms with Crippen molar-refractivity contribution in [2.75, 3.05) is 31.4 Å². The molecule has 0 aliphatic carbocycles. The number of hydrogen-bond donors (Lipinski definition) is 0. The van der Waals surface area contributed by atoms with E-state index >= 15 is 0 Å². The van der Waals surface area contributed by atoms with E-state index in [2.05, 4.69) is 9.97 Å². The Kier molecular flexibility index (Phi) is 5.05. The number of thioether (sulfide) groups is 1. The van der Waals surface area contributed by atoms with E-state index in [1.165, 1.54) is 11.8 Å². The van der Waals surface area contributed by atoms with Crippen LogP contribution in [0.25, 0.3) is 0 Å². The molecule has 1 aliphatic heterocycles. The molecule has 1 atom stereocenters. The van der Waals surface area contributed by atoms with Gasteiger partial charge in [-0.3, -0.25) is 9.59 Å². The summed E-state index contributed by atoms with van der Waals surface area (Å²) in [5, 5.41) is 0.574. The van der Waals surface area contributed by atoms with Gasteiger partial charge in [-0.05, 0) is 19.6 Å². The Labute approximate surface area is 132 Å². The van der Waals surface area contributed by atoms with Gasteiger partial charge >= 0.3 is 5.97 Å². The zero-order valence-electron chi connectivity index (χ0n) is 12.1. The third-order valence-electron chi connectivity index (χ3n) is 3.26. The zero-order chi connectivity index (χ0) is 15.6. The number of Topliss-reactive ketones (excluding diaryl/α,β-unsaturated/α-hetero) is 1. The Hall–Kier alpha value is -1.34. The van der Waals surface area contributed by atoms with Gasteiger partial charge in [0.05, 0.1) is 12.2 Å². The predicted octanol–water partition coefficient (Wildman–Crippen LogP) is 2.05. The SMILES string of the molecule is CCOC(=O)C1CCN(C)c2nc(SC)nc(Cl)c2C1=O. The quantitative estimate of drug-likeness (QED) is 0.276. The number of rotatable bonds is 3. The fourth-order valence-corrected chi connectivity index (χ4v) is 2.85. The van der Waals surface area contributed by atoms with Crippen molar-refractivity contribution >= 4 is 40.9 Å². The van der Waals surface area contributed by atoms with Crippen molar-refractivity contribution < 1.29 is 14.3 Å². The van der Waals surface area contributed by atoms with Gasteiger partial charge in [-0.15, -0.1) is 0 Å². The number of ether oxygens (including phenoxy) is 1. The van der Waals surface area contributed by atoms with Gasteiger partial charge in [0.25, 0.3) is 0 Å². The molecule has 2 heterocycles. The molecule has 0 radical (unpaired) electrons. The van der Waals surface area contributed by atoms with Crippen LogP contribution in [-0.4, -0.2) is 48.2 Å². The molecule has 0 fully saturated rings. The van der Waals surface area contributed by atoms with Gasteiger partial charge in [0, 0.05) is 13.6 Å². The van der Waals surface area contributed by atoms with Crippen molar-refractivity contribution in [1.82, 2.24) is 9.97 Å². The van der Waals surface area contributed by atoms with Crippen molar-refractivity contribution in [3.05, 3.63) is 10.7 Å². The lowest BCUT2D eigenvalue weighted by atomic mass is 9.97. The molecule has 0 saturated heterocycles. The molecule has 0 spiro atoms. The largest absolute Gasteiger partial charge is 0.465 e. The lowest BCUT2D eigenvalue weighted by Gasteiger charge is -2.17. The maximum atomic E-state index is 12.6. The first-order valence-corrected chi connectivity index (χ1v) is 8.13. The van der Waals surface area contributed by atoms with Gasteiger partial charge in [-0.25, -0.2) is 9.97 Å². The Balaban J connectivity index is 2.49. The summed E-state index contributed by atoms with van der Waals surface area (Å²) in [5.74, 6) is -1.27. The second-order valence-corrected chi connectivity index (χ2v) is 5.71. The van der Waals surface area contributed by atoms with E-state index in [1.54, 1.807) is 6.92 Å². The van der Waals surface area contributed by atoms with Gasteiger partial charge in [0.15, 0.2) is 10.9 Å². The number of halogens is 1. The highest BCUT2D eigenvalue weighted by atomic mass is 35.5. The number of anilines is 1. The van der Waals surface area contributed by atoms with Crippen molar-refractivity contribution in [2.45, 2.75) is 18.5 Å². The van der Waals surface area contributed by atoms with Gasteiger partial charge in [0.1, 0.15) is 16.9 Å². The molecule has 0 aromatic carbocycles. The van der Waals surface area contributed by atoms with Gasteiger partial charge in [-0.2, -0.15) is 0 Å². The van der Waals surface area contributed by atoms with E-state index in [9.17, 15) is 9.59 Å². The molecule has 2 rings (SSSR count). The summed E-state index contributed by atoms with van der Waals surface area (Å²) in [6.45, 7) is 2.46. The van der Waals surface area contributed by atoms with Crippen LogP contribution in [0.4, 0.5) is 5.82 Å². The van der Waals surface area contributed by atoms with Crippen molar-refractivity contribution in [2.24, 2.45) is 5.92 Å². The smallest absolute Gasteiger partial charge is 0.316 e. The maximum Gasteiger partial charge on any atom is 0.316 e. The van der Waals surface area contributed by atoms with Crippen LogP contribution in [0.3, 0.4) is 0 Å². The van der Waals surface area contributed by atoms with Crippen LogP contribution in [0.1, 0.15) is 23.7 Å². The van der Waals surface area contributed by atoms with Crippen LogP contribution in [0, 0.1) is 5.92 Å². The molecule has 21 heavy (non-hydrogen) atoms. The summed E-state index contributed by atoms with van der Waals surface area (Å²) < 4.78 is 4.98. The highest BCUT2D eigenvalue weighted by molar-refractivity contribution is 7.98. The average molecular weight is 330 g/mol. The monoisotopic (exact) mass is 329 g/mol. The lowest BCUT2D eigenvalue weighted by molar-refractivity contribution is -0.146. The van der Waals surface area contributed by atoms with Crippen LogP contribution < -0.4 is 4.90 Å². The summed E-state index contributed by atoms with van der Waals surface area (Å²) in [5.41, 5.74) is 0.201. The van der Waals surface area contributed by atoms with Crippen LogP contribution in [0.5, 0.6) is 0 Å². The van der Waals surface area contributed by atoms with E-state index in [1.807, 2.05) is 18.2 Å². The Morgan fingerprint density at radius 1 is 1.52 bits per heavy atom. The van der Waals surface area contributed by atoms with E-state index in [0.29, 0.717) is 23.9 Å². The number of carbonyl (C=O) groups excluding carboxylic acids is 2. The van der Waals surface area contributed by atoms with Crippen molar-refractivity contribution in [1.29, 1.82) is 0 Å². The third kappa shape index (κ3) is 3.13. The number of fused-ring (bicyclic) bond motifs is 1. The number of ketones is 1. The number of nitrogens with zero attached hydrogens (tertiary/aromatic N) is 3. The molecule has 1 aliphatic rings. The Morgan fingerprint density at radius 2 is 2.24 bits per heavy atom. The van der Waals surface area contributed by atoms with E-state index in [4.69, 9.17) is 16.3 Å². The zero-order valence-corrected chi connectivity index (χ0v) is 13.6. The standard InChI is InChI=1S/C13H16ClN3O3S/c1-4-20-12(19)7-5-6-17(2)11-8(9(7)18)10(14)15-13(16-11)21-3/h7H,4-6H2,1-3H3. The molecule has 0 bridgehead atoms. The predicted molar refractivity (Wildman–Crippen MR) is 81.2 cm³/mol. The molecule has 0 amide bonds. The molecular formula is C13H16ClN3O3S. The summed E-state index contributed by atoms with van der Waals surface area (Å²) in [6.07, 6.45) is 2.20. The summed E-state index contributed by atoms with van der Waals surface area (Å²) in [4.78, 5) is 34.8. The molecule has 1 aromatic rings. The van der Waals surface area contributed by atoms with Crippen LogP contribution >= 0.6 is 23.4 Å². The molecule has 0 saturated carbocycles. The maximum absolute atomic E-state index is 12.6. The minimum Gasteiger partial charge on any atom is -0.465 e. The molecule has 114 valence electrons. The van der Waals surface area contributed by atoms with Crippen molar-refractivity contribution in [3.8, 4) is 0 Å². The molecule has 8 heteroatoms. The van der Waals surface area contributed by atoms with E-state index in [0.717, 1.165) is 0 Å². The highest BCUT2D eigenvalue weighted by Crippen LogP contribution is 2.32.